The van der Waals surface area contributed by atoms with Gasteiger partial charge in [-0.25, -0.2) is 23.2 Å². The zero-order valence-electron chi connectivity index (χ0n) is 50.3. The number of rotatable bonds is 36. The van der Waals surface area contributed by atoms with Gasteiger partial charge < -0.3 is 53.9 Å². The molecule has 6 aromatic rings. The van der Waals surface area contributed by atoms with E-state index < -0.39 is 23.9 Å². The van der Waals surface area contributed by atoms with E-state index in [-0.39, 0.29) is 62.9 Å². The van der Waals surface area contributed by atoms with Gasteiger partial charge in [-0.1, -0.05) is 71.4 Å². The van der Waals surface area contributed by atoms with E-state index in [4.69, 9.17) is 35.3 Å². The third-order valence-corrected chi connectivity index (χ3v) is 16.3. The summed E-state index contributed by atoms with van der Waals surface area (Å²) in [6.45, 7) is 9.44. The monoisotopic (exact) mass is 1250 g/mol. The molecule has 3 heterocycles. The van der Waals surface area contributed by atoms with Gasteiger partial charge in [0.15, 0.2) is 5.13 Å². The highest BCUT2D eigenvalue weighted by atomic mass is 35.5. The number of alkyl halides is 2. The normalized spacial score (nSPS) is 15.2. The largest absolute Gasteiger partial charge is 0.494 e. The number of ether oxygens (including phenoxy) is 5. The van der Waals surface area contributed by atoms with Crippen LogP contribution in [0.15, 0.2) is 115 Å². The van der Waals surface area contributed by atoms with Gasteiger partial charge in [0.2, 0.25) is 23.6 Å². The number of carbonyl (C=O) groups excluding carboxylic acids is 4. The van der Waals surface area contributed by atoms with Crippen LogP contribution in [0.3, 0.4) is 0 Å². The van der Waals surface area contributed by atoms with Crippen molar-refractivity contribution in [2.75, 3.05) is 123 Å². The molecule has 1 aliphatic heterocycles. The molecule has 1 aliphatic carbocycles. The molecule has 2 aliphatic rings. The summed E-state index contributed by atoms with van der Waals surface area (Å²) >= 11 is 7.34. The van der Waals surface area contributed by atoms with Gasteiger partial charge in [0.25, 0.3) is 0 Å². The topological polar surface area (TPSA) is 207 Å². The van der Waals surface area contributed by atoms with Crippen LogP contribution in [0.2, 0.25) is 5.02 Å². The van der Waals surface area contributed by atoms with E-state index in [1.54, 1.807) is 70.7 Å². The van der Waals surface area contributed by atoms with Gasteiger partial charge in [0, 0.05) is 93.8 Å². The summed E-state index contributed by atoms with van der Waals surface area (Å²) in [6.07, 6.45) is 4.79. The van der Waals surface area contributed by atoms with Gasteiger partial charge >= 0.3 is 6.03 Å². The molecule has 4 aromatic carbocycles. The number of urea groups is 1. The molecule has 88 heavy (non-hydrogen) atoms. The van der Waals surface area contributed by atoms with Crippen molar-refractivity contribution in [3.05, 3.63) is 148 Å². The van der Waals surface area contributed by atoms with Crippen LogP contribution in [-0.4, -0.2) is 182 Å². The molecule has 2 fully saturated rings. The summed E-state index contributed by atoms with van der Waals surface area (Å²) in [5, 5.41) is 19.7. The highest BCUT2D eigenvalue weighted by Crippen LogP contribution is 2.40. The van der Waals surface area contributed by atoms with Gasteiger partial charge in [0.1, 0.15) is 24.1 Å². The Kier molecular flexibility index (Phi) is 26.7. The van der Waals surface area contributed by atoms with Crippen molar-refractivity contribution in [3.8, 4) is 11.5 Å². The first-order valence-corrected chi connectivity index (χ1v) is 31.4. The highest BCUT2D eigenvalue weighted by Gasteiger charge is 2.42. The minimum Gasteiger partial charge on any atom is -0.494 e. The number of benzene rings is 4. The summed E-state index contributed by atoms with van der Waals surface area (Å²) in [4.78, 5) is 65.7. The Morgan fingerprint density at radius 2 is 1.45 bits per heavy atom. The van der Waals surface area contributed by atoms with Crippen LogP contribution in [0.25, 0.3) is 0 Å². The standard InChI is InChI=1S/C64H82ClF2N11O9S/c1-74(27-6-7-34-86-56-19-12-48(13-20-56)14-23-58(79)78(45-50-24-26-64(66,67)43-50)60(51-8-4-3-5-9-51)61(81)68-44-49-10-15-52(65)16-11-49)32-36-84-39-38-83-35-25-54-46-77(73-72-54)33-37-85-40-41-87-57-21-17-53(18-22-57)69-62(82)71-63-70-55(47-88-63)42-59(80)76-30-28-75(2)29-31-76/h3-5,8-13,15-22,46-47,50,60H,6-7,14,23-45H2,1-2H3,(H,68,81)(H2,69,70,71,82). The molecule has 8 rings (SSSR count). The number of piperazine rings is 1. The molecule has 5 amide bonds. The average molecular weight is 1250 g/mol. The number of nitrogens with one attached hydrogen (secondary N) is 3. The van der Waals surface area contributed by atoms with E-state index >= 15 is 0 Å². The molecular weight excluding hydrogens is 1170 g/mol. The van der Waals surface area contributed by atoms with Gasteiger partial charge in [-0.2, -0.15) is 0 Å². The molecule has 1 saturated carbocycles. The predicted molar refractivity (Wildman–Crippen MR) is 334 cm³/mol. The zero-order chi connectivity index (χ0) is 61.9. The molecule has 24 heteroatoms. The first kappa shape index (κ1) is 66.8. The molecule has 0 spiro atoms. The first-order valence-electron chi connectivity index (χ1n) is 30.2. The van der Waals surface area contributed by atoms with Crippen LogP contribution in [0.4, 0.5) is 24.4 Å². The Balaban J connectivity index is 0.618. The fraction of sp³-hybridized carbons (Fsp3) is 0.484. The van der Waals surface area contributed by atoms with Gasteiger partial charge in [-0.05, 0) is 117 Å². The van der Waals surface area contributed by atoms with Crippen LogP contribution in [-0.2, 0) is 60.9 Å². The van der Waals surface area contributed by atoms with Gasteiger partial charge in [0.05, 0.1) is 70.6 Å². The van der Waals surface area contributed by atoms with Crippen molar-refractivity contribution in [1.82, 2.24) is 44.9 Å². The minimum atomic E-state index is -2.79. The number of aromatic nitrogens is 4. The van der Waals surface area contributed by atoms with Gasteiger partial charge in [-0.3, -0.25) is 19.7 Å². The number of anilines is 2. The third kappa shape index (κ3) is 23.1. The van der Waals surface area contributed by atoms with Crippen molar-refractivity contribution in [3.63, 3.8) is 0 Å². The summed E-state index contributed by atoms with van der Waals surface area (Å²) in [5.41, 5.74) is 4.43. The second kappa shape index (κ2) is 35.2. The Morgan fingerprint density at radius 1 is 0.761 bits per heavy atom. The lowest BCUT2D eigenvalue weighted by molar-refractivity contribution is -0.141. The summed E-state index contributed by atoms with van der Waals surface area (Å²) < 4.78 is 59.8. The van der Waals surface area contributed by atoms with Crippen molar-refractivity contribution >= 4 is 57.5 Å². The highest BCUT2D eigenvalue weighted by molar-refractivity contribution is 7.14. The molecule has 0 radical (unpaired) electrons. The van der Waals surface area contributed by atoms with Crippen LogP contribution < -0.4 is 25.4 Å². The third-order valence-electron chi connectivity index (χ3n) is 15.2. The lowest BCUT2D eigenvalue weighted by Crippen LogP contribution is -2.47. The fourth-order valence-electron chi connectivity index (χ4n) is 10.2. The van der Waals surface area contributed by atoms with Crippen molar-refractivity contribution in [2.45, 2.75) is 82.8 Å². The van der Waals surface area contributed by atoms with Crippen molar-refractivity contribution in [1.29, 1.82) is 0 Å². The SMILES string of the molecule is CN(CCCCOc1ccc(CCC(=O)N(CC2CCC(F)(F)C2)C(C(=O)NCc2ccc(Cl)cc2)c2ccccc2)cc1)CCOCCOCCc1cn(CCOCCOc2ccc(NC(=O)Nc3nc(CC(=O)N4CCN(C)CC4)cs3)cc2)nn1. The number of amides is 5. The Hall–Kier alpha value is -7.12. The molecule has 2 unspecified atom stereocenters. The summed E-state index contributed by atoms with van der Waals surface area (Å²) in [6, 6.07) is 29.4. The van der Waals surface area contributed by atoms with Crippen LogP contribution in [0, 0.1) is 5.92 Å². The van der Waals surface area contributed by atoms with Crippen molar-refractivity contribution < 1.29 is 51.6 Å². The van der Waals surface area contributed by atoms with E-state index in [2.05, 4.69) is 48.1 Å². The van der Waals surface area contributed by atoms with Crippen molar-refractivity contribution in [2.24, 2.45) is 5.92 Å². The van der Waals surface area contributed by atoms with Crippen LogP contribution in [0.5, 0.6) is 11.5 Å². The molecule has 20 nitrogen and oxygen atoms in total. The average Bonchev–Trinajstić information content (AvgIpc) is 4.42. The summed E-state index contributed by atoms with van der Waals surface area (Å²) in [5.74, 6) is -2.47. The molecular formula is C64H82ClF2N11O9S. The maximum atomic E-state index is 14.4. The second-order valence-electron chi connectivity index (χ2n) is 22.2. The summed E-state index contributed by atoms with van der Waals surface area (Å²) in [7, 11) is 4.12. The fourth-order valence-corrected chi connectivity index (χ4v) is 11.0. The van der Waals surface area contributed by atoms with Crippen LogP contribution in [0.1, 0.15) is 72.6 Å². The van der Waals surface area contributed by atoms with Gasteiger partial charge in [-0.15, -0.1) is 16.4 Å². The number of carbonyl (C=O) groups is 4. The number of thiazole rings is 1. The minimum absolute atomic E-state index is 0.0418. The first-order chi connectivity index (χ1) is 42.7. The molecule has 1 saturated heterocycles. The number of aryl methyl sites for hydroxylation is 1. The smallest absolute Gasteiger partial charge is 0.325 e. The maximum absolute atomic E-state index is 14.4. The number of likely N-dealkylation sites (N-methyl/N-ethyl adjacent to an activating group) is 2. The van der Waals surface area contributed by atoms with Crippen LogP contribution >= 0.6 is 22.9 Å². The second-order valence-corrected chi connectivity index (χ2v) is 23.5. The number of halogens is 3. The predicted octanol–water partition coefficient (Wildman–Crippen LogP) is 9.07. The van der Waals surface area contributed by atoms with E-state index in [9.17, 15) is 28.0 Å². The van der Waals surface area contributed by atoms with E-state index in [0.717, 1.165) is 61.6 Å². The number of hydrogen-bond donors (Lipinski definition) is 3. The zero-order valence-corrected chi connectivity index (χ0v) is 51.9. The Labute approximate surface area is 523 Å². The number of nitrogens with zero attached hydrogens (tertiary/aromatic N) is 8. The lowest BCUT2D eigenvalue weighted by Gasteiger charge is -2.33. The Bertz CT molecular complexity index is 3070. The quantitative estimate of drug-likeness (QED) is 0.0314. The molecule has 0 bridgehead atoms. The molecule has 2 aromatic heterocycles. The maximum Gasteiger partial charge on any atom is 0.325 e. The number of unbranched alkanes of at least 4 members (excludes halogenated alkanes) is 1. The molecule has 3 N–H and O–H groups in total. The number of hydrogen-bond acceptors (Lipinski definition) is 15. The molecule has 474 valence electrons. The van der Waals surface area contributed by atoms with E-state index in [0.29, 0.717) is 118 Å². The van der Waals surface area contributed by atoms with E-state index in [1.165, 1.54) is 16.2 Å². The lowest BCUT2D eigenvalue weighted by atomic mass is 9.99. The molecule has 2 atom stereocenters. The Morgan fingerprint density at radius 3 is 2.19 bits per heavy atom. The van der Waals surface area contributed by atoms with E-state index in [1.807, 2.05) is 60.6 Å².